The number of amides is 1. The Morgan fingerprint density at radius 1 is 1.33 bits per heavy atom. The van der Waals surface area contributed by atoms with Crippen LogP contribution in [-0.4, -0.2) is 10.9 Å². The maximum atomic E-state index is 11.0. The number of halogens is 1. The first kappa shape index (κ1) is 12.6. The molecular formula is C13H11BrN2O2. The van der Waals surface area contributed by atoms with E-state index in [2.05, 4.69) is 20.9 Å². The molecule has 1 aromatic carbocycles. The molecule has 0 aliphatic rings. The number of primary amides is 1. The van der Waals surface area contributed by atoms with E-state index >= 15 is 0 Å². The fraction of sp³-hybridized carbons (Fsp3) is 0.0769. The van der Waals surface area contributed by atoms with Gasteiger partial charge in [-0.3, -0.25) is 9.78 Å². The zero-order chi connectivity index (χ0) is 13.1. The quantitative estimate of drug-likeness (QED) is 0.948. The van der Waals surface area contributed by atoms with Gasteiger partial charge in [0.15, 0.2) is 0 Å². The molecule has 0 fully saturated rings. The second-order valence-electron chi connectivity index (χ2n) is 3.75. The summed E-state index contributed by atoms with van der Waals surface area (Å²) in [7, 11) is 0. The number of aromatic nitrogens is 1. The summed E-state index contributed by atoms with van der Waals surface area (Å²) in [6, 6.07) is 8.92. The number of nitrogens with zero attached hydrogens (tertiary/aromatic N) is 1. The number of benzene rings is 1. The zero-order valence-corrected chi connectivity index (χ0v) is 11.3. The number of ether oxygens (including phenoxy) is 1. The van der Waals surface area contributed by atoms with E-state index in [9.17, 15) is 4.79 Å². The molecule has 0 saturated carbocycles. The van der Waals surface area contributed by atoms with E-state index in [0.717, 1.165) is 10.0 Å². The molecule has 0 aliphatic heterocycles. The van der Waals surface area contributed by atoms with Gasteiger partial charge >= 0.3 is 0 Å². The first-order valence-corrected chi connectivity index (χ1v) is 6.05. The molecule has 2 N–H and O–H groups in total. The van der Waals surface area contributed by atoms with Crippen LogP contribution in [0.3, 0.4) is 0 Å². The molecule has 5 heteroatoms. The molecule has 0 spiro atoms. The maximum absolute atomic E-state index is 11.0. The Balaban J connectivity index is 2.31. The fourth-order valence-electron chi connectivity index (χ4n) is 1.42. The van der Waals surface area contributed by atoms with Crippen molar-refractivity contribution in [3.05, 3.63) is 52.3 Å². The molecule has 2 aromatic rings. The third-order valence-corrected chi connectivity index (χ3v) is 2.86. The number of aryl methyl sites for hydroxylation is 1. The summed E-state index contributed by atoms with van der Waals surface area (Å²) >= 11 is 3.38. The van der Waals surface area contributed by atoms with Crippen LogP contribution >= 0.6 is 15.9 Å². The van der Waals surface area contributed by atoms with Crippen molar-refractivity contribution in [2.75, 3.05) is 0 Å². The van der Waals surface area contributed by atoms with E-state index in [1.807, 2.05) is 25.1 Å². The number of carbonyl (C=O) groups excluding carboxylic acids is 1. The van der Waals surface area contributed by atoms with E-state index in [0.29, 0.717) is 11.5 Å². The lowest BCUT2D eigenvalue weighted by Crippen LogP contribution is -2.12. The highest BCUT2D eigenvalue weighted by molar-refractivity contribution is 9.10. The third-order valence-electron chi connectivity index (χ3n) is 2.36. The van der Waals surface area contributed by atoms with Crippen molar-refractivity contribution in [2.45, 2.75) is 6.92 Å². The summed E-state index contributed by atoms with van der Waals surface area (Å²) in [6.07, 6.45) is 1.49. The van der Waals surface area contributed by atoms with Gasteiger partial charge in [-0.2, -0.15) is 0 Å². The molecule has 92 valence electrons. The molecule has 1 heterocycles. The summed E-state index contributed by atoms with van der Waals surface area (Å²) in [5, 5.41) is 0. The van der Waals surface area contributed by atoms with Crippen molar-refractivity contribution in [3.63, 3.8) is 0 Å². The second-order valence-corrected chi connectivity index (χ2v) is 4.67. The molecule has 0 aliphatic carbocycles. The topological polar surface area (TPSA) is 65.2 Å². The lowest BCUT2D eigenvalue weighted by Gasteiger charge is -2.09. The Hall–Kier alpha value is -1.88. The van der Waals surface area contributed by atoms with Crippen LogP contribution in [0.25, 0.3) is 0 Å². The smallest absolute Gasteiger partial charge is 0.267 e. The SMILES string of the molecule is Cc1ccc(Br)cc1Oc1ccnc(C(N)=O)c1. The van der Waals surface area contributed by atoms with Crippen molar-refractivity contribution in [1.82, 2.24) is 4.98 Å². The molecule has 18 heavy (non-hydrogen) atoms. The molecule has 0 saturated heterocycles. The standard InChI is InChI=1S/C13H11BrN2O2/c1-8-2-3-9(14)6-12(8)18-10-4-5-16-11(7-10)13(15)17/h2-7H,1H3,(H2,15,17). The monoisotopic (exact) mass is 306 g/mol. The summed E-state index contributed by atoms with van der Waals surface area (Å²) in [5.41, 5.74) is 6.34. The third kappa shape index (κ3) is 2.87. The molecular weight excluding hydrogens is 296 g/mol. The molecule has 0 radical (unpaired) electrons. The van der Waals surface area contributed by atoms with Crippen LogP contribution in [0.5, 0.6) is 11.5 Å². The van der Waals surface area contributed by atoms with Crippen LogP contribution < -0.4 is 10.5 Å². The van der Waals surface area contributed by atoms with E-state index in [4.69, 9.17) is 10.5 Å². The molecule has 0 unspecified atom stereocenters. The summed E-state index contributed by atoms with van der Waals surface area (Å²) in [6.45, 7) is 1.94. The van der Waals surface area contributed by atoms with Gasteiger partial charge in [0.2, 0.25) is 0 Å². The highest BCUT2D eigenvalue weighted by Gasteiger charge is 2.06. The first-order chi connectivity index (χ1) is 8.56. The Bertz CT molecular complexity index is 599. The molecule has 0 bridgehead atoms. The molecule has 0 atom stereocenters. The minimum absolute atomic E-state index is 0.181. The van der Waals surface area contributed by atoms with Gasteiger partial charge in [-0.1, -0.05) is 22.0 Å². The minimum atomic E-state index is -0.577. The van der Waals surface area contributed by atoms with Gasteiger partial charge in [0.05, 0.1) is 0 Å². The normalized spacial score (nSPS) is 10.1. The van der Waals surface area contributed by atoms with Crippen molar-refractivity contribution < 1.29 is 9.53 Å². The van der Waals surface area contributed by atoms with E-state index in [1.54, 1.807) is 6.07 Å². The van der Waals surface area contributed by atoms with Crippen LogP contribution in [0.2, 0.25) is 0 Å². The van der Waals surface area contributed by atoms with Crippen LogP contribution in [0.1, 0.15) is 16.1 Å². The Kier molecular flexibility index (Phi) is 3.62. The maximum Gasteiger partial charge on any atom is 0.267 e. The van der Waals surface area contributed by atoms with Crippen molar-refractivity contribution >= 4 is 21.8 Å². The van der Waals surface area contributed by atoms with Gasteiger partial charge in [0, 0.05) is 16.7 Å². The average molecular weight is 307 g/mol. The lowest BCUT2D eigenvalue weighted by molar-refractivity contribution is 0.0995. The van der Waals surface area contributed by atoms with Gasteiger partial charge < -0.3 is 10.5 Å². The summed E-state index contributed by atoms with van der Waals surface area (Å²) < 4.78 is 6.63. The average Bonchev–Trinajstić information content (AvgIpc) is 2.34. The van der Waals surface area contributed by atoms with Gasteiger partial charge in [0.1, 0.15) is 17.2 Å². The second kappa shape index (κ2) is 5.18. The fourth-order valence-corrected chi connectivity index (χ4v) is 1.76. The Morgan fingerprint density at radius 2 is 2.11 bits per heavy atom. The van der Waals surface area contributed by atoms with Crippen LogP contribution in [0, 0.1) is 6.92 Å². The Morgan fingerprint density at radius 3 is 2.83 bits per heavy atom. The van der Waals surface area contributed by atoms with Gasteiger partial charge in [-0.25, -0.2) is 0 Å². The minimum Gasteiger partial charge on any atom is -0.457 e. The van der Waals surface area contributed by atoms with Gasteiger partial charge in [0.25, 0.3) is 5.91 Å². The molecule has 4 nitrogen and oxygen atoms in total. The number of carbonyl (C=O) groups is 1. The predicted octanol–water partition coefficient (Wildman–Crippen LogP) is 3.04. The van der Waals surface area contributed by atoms with Gasteiger partial charge in [-0.15, -0.1) is 0 Å². The lowest BCUT2D eigenvalue weighted by atomic mass is 10.2. The number of hydrogen-bond donors (Lipinski definition) is 1. The highest BCUT2D eigenvalue weighted by atomic mass is 79.9. The van der Waals surface area contributed by atoms with Crippen LogP contribution in [-0.2, 0) is 0 Å². The molecule has 1 aromatic heterocycles. The van der Waals surface area contributed by atoms with E-state index in [-0.39, 0.29) is 5.69 Å². The van der Waals surface area contributed by atoms with Crippen molar-refractivity contribution in [3.8, 4) is 11.5 Å². The largest absolute Gasteiger partial charge is 0.457 e. The number of hydrogen-bond acceptors (Lipinski definition) is 3. The molecule has 2 rings (SSSR count). The summed E-state index contributed by atoms with van der Waals surface area (Å²) in [4.78, 5) is 14.9. The predicted molar refractivity (Wildman–Crippen MR) is 71.7 cm³/mol. The Labute approximate surface area is 113 Å². The highest BCUT2D eigenvalue weighted by Crippen LogP contribution is 2.28. The zero-order valence-electron chi connectivity index (χ0n) is 9.68. The van der Waals surface area contributed by atoms with Crippen molar-refractivity contribution in [1.29, 1.82) is 0 Å². The number of pyridine rings is 1. The first-order valence-electron chi connectivity index (χ1n) is 5.26. The number of nitrogens with two attached hydrogens (primary N) is 1. The molecule has 1 amide bonds. The van der Waals surface area contributed by atoms with E-state index < -0.39 is 5.91 Å². The number of rotatable bonds is 3. The van der Waals surface area contributed by atoms with Gasteiger partial charge in [-0.05, 0) is 30.7 Å². The summed E-state index contributed by atoms with van der Waals surface area (Å²) in [5.74, 6) is 0.664. The van der Waals surface area contributed by atoms with Crippen molar-refractivity contribution in [2.24, 2.45) is 5.73 Å². The van der Waals surface area contributed by atoms with Crippen LogP contribution in [0.15, 0.2) is 41.0 Å². The van der Waals surface area contributed by atoms with Crippen LogP contribution in [0.4, 0.5) is 0 Å². The van der Waals surface area contributed by atoms with E-state index in [1.165, 1.54) is 12.3 Å².